The van der Waals surface area contributed by atoms with Gasteiger partial charge in [0.1, 0.15) is 0 Å². The van der Waals surface area contributed by atoms with Crippen LogP contribution in [0.3, 0.4) is 0 Å². The van der Waals surface area contributed by atoms with Gasteiger partial charge in [-0.3, -0.25) is 4.99 Å². The molecule has 1 saturated heterocycles. The Balaban J connectivity index is 0.00000288. The molecule has 1 aliphatic rings. The predicted molar refractivity (Wildman–Crippen MR) is 117 cm³/mol. The first-order valence-corrected chi connectivity index (χ1v) is 9.82. The molecule has 0 atom stereocenters. The van der Waals surface area contributed by atoms with Crippen molar-refractivity contribution in [2.75, 3.05) is 33.2 Å². The van der Waals surface area contributed by atoms with Crippen molar-refractivity contribution in [2.24, 2.45) is 4.99 Å². The standard InChI is InChI=1S/C18H32N4S.HI/c1-16-9-10-17(23-16)15-21-18(19-2)20-11-5-3-6-12-22-13-7-4-8-14-22;/h9-10H,3-8,11-15H2,1-2H3,(H2,19,20,21);1H. The van der Waals surface area contributed by atoms with Gasteiger partial charge in [0.2, 0.25) is 0 Å². The highest BCUT2D eigenvalue weighted by molar-refractivity contribution is 14.0. The van der Waals surface area contributed by atoms with E-state index in [0.29, 0.717) is 0 Å². The van der Waals surface area contributed by atoms with Crippen LogP contribution in [-0.4, -0.2) is 44.1 Å². The summed E-state index contributed by atoms with van der Waals surface area (Å²) in [6, 6.07) is 4.35. The Hall–Kier alpha value is -0.340. The summed E-state index contributed by atoms with van der Waals surface area (Å²) in [7, 11) is 1.84. The Morgan fingerprint density at radius 2 is 1.92 bits per heavy atom. The van der Waals surface area contributed by atoms with E-state index in [4.69, 9.17) is 0 Å². The fourth-order valence-corrected chi connectivity index (χ4v) is 3.83. The molecule has 24 heavy (non-hydrogen) atoms. The summed E-state index contributed by atoms with van der Waals surface area (Å²) in [5.41, 5.74) is 0. The first-order chi connectivity index (χ1) is 11.3. The molecule has 2 rings (SSSR count). The van der Waals surface area contributed by atoms with Crippen LogP contribution in [0.25, 0.3) is 0 Å². The number of thiophene rings is 1. The summed E-state index contributed by atoms with van der Waals surface area (Å²) < 4.78 is 0. The molecule has 0 radical (unpaired) electrons. The second-order valence-electron chi connectivity index (χ2n) is 6.33. The van der Waals surface area contributed by atoms with Gasteiger partial charge < -0.3 is 15.5 Å². The molecular weight excluding hydrogens is 431 g/mol. The summed E-state index contributed by atoms with van der Waals surface area (Å²) in [6.07, 6.45) is 8.05. The molecule has 0 amide bonds. The molecule has 0 aliphatic carbocycles. The Morgan fingerprint density at radius 1 is 1.12 bits per heavy atom. The van der Waals surface area contributed by atoms with Crippen molar-refractivity contribution < 1.29 is 0 Å². The number of hydrogen-bond donors (Lipinski definition) is 2. The van der Waals surface area contributed by atoms with Crippen molar-refractivity contribution in [2.45, 2.75) is 52.0 Å². The number of halogens is 1. The Morgan fingerprint density at radius 3 is 2.58 bits per heavy atom. The van der Waals surface area contributed by atoms with Gasteiger partial charge in [-0.1, -0.05) is 12.8 Å². The molecule has 1 aromatic rings. The predicted octanol–water partition coefficient (Wildman–Crippen LogP) is 4.00. The second kappa shape index (κ2) is 12.9. The lowest BCUT2D eigenvalue weighted by atomic mass is 10.1. The largest absolute Gasteiger partial charge is 0.356 e. The zero-order valence-electron chi connectivity index (χ0n) is 15.1. The summed E-state index contributed by atoms with van der Waals surface area (Å²) in [5, 5.41) is 6.80. The van der Waals surface area contributed by atoms with Crippen LogP contribution in [0.2, 0.25) is 0 Å². The minimum atomic E-state index is 0. The zero-order chi connectivity index (χ0) is 16.3. The molecule has 4 nitrogen and oxygen atoms in total. The maximum atomic E-state index is 4.29. The Kier molecular flexibility index (Phi) is 11.7. The first kappa shape index (κ1) is 21.7. The average Bonchev–Trinajstić information content (AvgIpc) is 3.00. The first-order valence-electron chi connectivity index (χ1n) is 9.00. The van der Waals surface area contributed by atoms with Crippen molar-refractivity contribution in [1.29, 1.82) is 0 Å². The van der Waals surface area contributed by atoms with E-state index in [1.54, 1.807) is 0 Å². The van der Waals surface area contributed by atoms with E-state index in [-0.39, 0.29) is 24.0 Å². The second-order valence-corrected chi connectivity index (χ2v) is 7.70. The van der Waals surface area contributed by atoms with Crippen LogP contribution < -0.4 is 10.6 Å². The van der Waals surface area contributed by atoms with Crippen LogP contribution in [0, 0.1) is 6.92 Å². The summed E-state index contributed by atoms with van der Waals surface area (Å²) in [6.45, 7) is 7.92. The number of nitrogens with one attached hydrogen (secondary N) is 2. The smallest absolute Gasteiger partial charge is 0.191 e. The van der Waals surface area contributed by atoms with E-state index in [0.717, 1.165) is 19.0 Å². The number of rotatable bonds is 8. The van der Waals surface area contributed by atoms with Crippen LogP contribution in [-0.2, 0) is 6.54 Å². The SMILES string of the molecule is CN=C(NCCCCCN1CCCCC1)NCc1ccc(C)s1.I. The minimum Gasteiger partial charge on any atom is -0.356 e. The van der Waals surface area contributed by atoms with Crippen molar-refractivity contribution in [3.63, 3.8) is 0 Å². The number of nitrogens with zero attached hydrogens (tertiary/aromatic N) is 2. The van der Waals surface area contributed by atoms with Crippen LogP contribution >= 0.6 is 35.3 Å². The molecular formula is C18H33IN4S. The van der Waals surface area contributed by atoms with E-state index in [1.807, 2.05) is 18.4 Å². The van der Waals surface area contributed by atoms with Gasteiger partial charge in [0, 0.05) is 23.3 Å². The highest BCUT2D eigenvalue weighted by Gasteiger charge is 2.08. The number of unbranched alkanes of at least 4 members (excludes halogenated alkanes) is 2. The lowest BCUT2D eigenvalue weighted by molar-refractivity contribution is 0.224. The molecule has 1 aromatic heterocycles. The lowest BCUT2D eigenvalue weighted by Crippen LogP contribution is -2.37. The van der Waals surface area contributed by atoms with Gasteiger partial charge in [0.25, 0.3) is 0 Å². The molecule has 6 heteroatoms. The molecule has 0 unspecified atom stereocenters. The molecule has 0 bridgehead atoms. The molecule has 138 valence electrons. The number of aliphatic imine (C=N–C) groups is 1. The molecule has 0 aromatic carbocycles. The number of hydrogen-bond acceptors (Lipinski definition) is 3. The maximum absolute atomic E-state index is 4.29. The van der Waals surface area contributed by atoms with Gasteiger partial charge in [-0.05, 0) is 64.4 Å². The normalized spacial score (nSPS) is 15.8. The third-order valence-corrected chi connectivity index (χ3v) is 5.34. The Labute approximate surface area is 168 Å². The highest BCUT2D eigenvalue weighted by Crippen LogP contribution is 2.14. The number of likely N-dealkylation sites (tertiary alicyclic amines) is 1. The van der Waals surface area contributed by atoms with Crippen molar-refractivity contribution in [3.8, 4) is 0 Å². The summed E-state index contributed by atoms with van der Waals surface area (Å²) in [4.78, 5) is 9.63. The van der Waals surface area contributed by atoms with Gasteiger partial charge in [-0.15, -0.1) is 35.3 Å². The van der Waals surface area contributed by atoms with E-state index < -0.39 is 0 Å². The minimum absolute atomic E-state index is 0. The van der Waals surface area contributed by atoms with E-state index in [1.165, 1.54) is 67.9 Å². The summed E-state index contributed by atoms with van der Waals surface area (Å²) >= 11 is 1.84. The average molecular weight is 464 g/mol. The molecule has 0 saturated carbocycles. The topological polar surface area (TPSA) is 39.7 Å². The fraction of sp³-hybridized carbons (Fsp3) is 0.722. The van der Waals surface area contributed by atoms with Gasteiger partial charge in [0.05, 0.1) is 6.54 Å². The lowest BCUT2D eigenvalue weighted by Gasteiger charge is -2.26. The summed E-state index contributed by atoms with van der Waals surface area (Å²) in [5.74, 6) is 0.909. The highest BCUT2D eigenvalue weighted by atomic mass is 127. The third kappa shape index (κ3) is 8.67. The van der Waals surface area contributed by atoms with Crippen molar-refractivity contribution >= 4 is 41.3 Å². The maximum Gasteiger partial charge on any atom is 0.191 e. The molecule has 1 fully saturated rings. The van der Waals surface area contributed by atoms with Gasteiger partial charge in [0.15, 0.2) is 5.96 Å². The van der Waals surface area contributed by atoms with Crippen molar-refractivity contribution in [1.82, 2.24) is 15.5 Å². The van der Waals surface area contributed by atoms with Crippen LogP contribution in [0.15, 0.2) is 17.1 Å². The van der Waals surface area contributed by atoms with E-state index in [9.17, 15) is 0 Å². The molecule has 2 N–H and O–H groups in total. The van der Waals surface area contributed by atoms with Crippen LogP contribution in [0.4, 0.5) is 0 Å². The number of piperidine rings is 1. The van der Waals surface area contributed by atoms with E-state index in [2.05, 4.69) is 39.6 Å². The van der Waals surface area contributed by atoms with Crippen molar-refractivity contribution in [3.05, 3.63) is 21.9 Å². The molecule has 2 heterocycles. The monoisotopic (exact) mass is 464 g/mol. The quantitative estimate of drug-likeness (QED) is 0.265. The Bertz CT molecular complexity index is 469. The van der Waals surface area contributed by atoms with Gasteiger partial charge >= 0.3 is 0 Å². The third-order valence-electron chi connectivity index (χ3n) is 4.34. The number of aryl methyl sites for hydroxylation is 1. The van der Waals surface area contributed by atoms with Crippen LogP contribution in [0.1, 0.15) is 48.3 Å². The van der Waals surface area contributed by atoms with E-state index >= 15 is 0 Å². The molecule has 0 spiro atoms. The molecule has 1 aliphatic heterocycles. The van der Waals surface area contributed by atoms with Gasteiger partial charge in [-0.25, -0.2) is 0 Å². The number of guanidine groups is 1. The van der Waals surface area contributed by atoms with Gasteiger partial charge in [-0.2, -0.15) is 0 Å². The van der Waals surface area contributed by atoms with Crippen LogP contribution in [0.5, 0.6) is 0 Å². The fourth-order valence-electron chi connectivity index (χ4n) is 3.00. The zero-order valence-corrected chi connectivity index (χ0v) is 18.3.